The first-order valence-corrected chi connectivity index (χ1v) is 8.07. The van der Waals surface area contributed by atoms with Gasteiger partial charge in [-0.3, -0.25) is 9.88 Å². The van der Waals surface area contributed by atoms with Crippen molar-refractivity contribution < 1.29 is 0 Å². The highest BCUT2D eigenvalue weighted by Gasteiger charge is 2.05. The minimum atomic E-state index is 1.02. The summed E-state index contributed by atoms with van der Waals surface area (Å²) in [5.74, 6) is 0. The number of fused-ring (bicyclic) bond motifs is 1. The molecule has 0 N–H and O–H groups in total. The van der Waals surface area contributed by atoms with Crippen LogP contribution in [-0.2, 0) is 6.54 Å². The summed E-state index contributed by atoms with van der Waals surface area (Å²) in [4.78, 5) is 6.88. The number of alkyl halides is 1. The molecule has 0 aliphatic rings. The van der Waals surface area contributed by atoms with Crippen LogP contribution in [0.15, 0.2) is 36.5 Å². The fraction of sp³-hybridized carbons (Fsp3) is 0.438. The lowest BCUT2D eigenvalue weighted by Gasteiger charge is -2.21. The molecule has 0 fully saturated rings. The summed E-state index contributed by atoms with van der Waals surface area (Å²) in [5.41, 5.74) is 2.45. The maximum atomic E-state index is 4.37. The Bertz CT molecular complexity index is 513. The van der Waals surface area contributed by atoms with Crippen molar-refractivity contribution in [1.29, 1.82) is 0 Å². The van der Waals surface area contributed by atoms with Crippen LogP contribution in [0.5, 0.6) is 0 Å². The van der Waals surface area contributed by atoms with E-state index in [4.69, 9.17) is 0 Å². The van der Waals surface area contributed by atoms with E-state index in [0.29, 0.717) is 0 Å². The smallest absolute Gasteiger partial charge is 0.0702 e. The molecule has 0 saturated heterocycles. The lowest BCUT2D eigenvalue weighted by molar-refractivity contribution is 0.278. The molecule has 102 valence electrons. The molecule has 2 aromatic rings. The van der Waals surface area contributed by atoms with E-state index in [1.54, 1.807) is 0 Å². The van der Waals surface area contributed by atoms with Gasteiger partial charge in [-0.15, -0.1) is 0 Å². The highest BCUT2D eigenvalue weighted by atomic mass is 79.9. The SMILES string of the molecule is CCCCN(CCBr)Cc1ccc2ncccc2c1. The van der Waals surface area contributed by atoms with Crippen LogP contribution in [-0.4, -0.2) is 28.3 Å². The van der Waals surface area contributed by atoms with Crippen molar-refractivity contribution in [1.82, 2.24) is 9.88 Å². The first kappa shape index (κ1) is 14.5. The number of rotatable bonds is 7. The van der Waals surface area contributed by atoms with E-state index < -0.39 is 0 Å². The predicted octanol–water partition coefficient (Wildman–Crippen LogP) is 4.23. The van der Waals surface area contributed by atoms with Gasteiger partial charge in [0.2, 0.25) is 0 Å². The summed E-state index contributed by atoms with van der Waals surface area (Å²) >= 11 is 3.54. The molecule has 2 rings (SSSR count). The monoisotopic (exact) mass is 320 g/mol. The van der Waals surface area contributed by atoms with E-state index in [0.717, 1.165) is 23.9 Å². The summed E-state index contributed by atoms with van der Waals surface area (Å²) in [6, 6.07) is 10.7. The normalized spacial score (nSPS) is 11.3. The van der Waals surface area contributed by atoms with Crippen LogP contribution in [0.25, 0.3) is 10.9 Å². The van der Waals surface area contributed by atoms with Gasteiger partial charge < -0.3 is 0 Å². The number of nitrogens with zero attached hydrogens (tertiary/aromatic N) is 2. The first-order valence-electron chi connectivity index (χ1n) is 6.95. The second kappa shape index (κ2) is 7.61. The minimum Gasteiger partial charge on any atom is -0.298 e. The van der Waals surface area contributed by atoms with Gasteiger partial charge >= 0.3 is 0 Å². The minimum absolute atomic E-state index is 1.02. The second-order valence-corrected chi connectivity index (χ2v) is 5.64. The molecule has 2 nitrogen and oxygen atoms in total. The molecular weight excluding hydrogens is 300 g/mol. The van der Waals surface area contributed by atoms with Crippen molar-refractivity contribution in [2.24, 2.45) is 0 Å². The van der Waals surface area contributed by atoms with Crippen LogP contribution in [0.2, 0.25) is 0 Å². The Morgan fingerprint density at radius 1 is 1.21 bits per heavy atom. The van der Waals surface area contributed by atoms with Gasteiger partial charge in [0.25, 0.3) is 0 Å². The third-order valence-corrected chi connectivity index (χ3v) is 3.66. The average Bonchev–Trinajstić information content (AvgIpc) is 2.45. The highest BCUT2D eigenvalue weighted by Crippen LogP contribution is 2.15. The van der Waals surface area contributed by atoms with Crippen molar-refractivity contribution in [3.8, 4) is 0 Å². The zero-order chi connectivity index (χ0) is 13.5. The van der Waals surface area contributed by atoms with Crippen LogP contribution in [0.4, 0.5) is 0 Å². The molecule has 0 unspecified atom stereocenters. The van der Waals surface area contributed by atoms with Crippen molar-refractivity contribution in [3.05, 3.63) is 42.1 Å². The lowest BCUT2D eigenvalue weighted by atomic mass is 10.1. The van der Waals surface area contributed by atoms with Crippen LogP contribution >= 0.6 is 15.9 Å². The van der Waals surface area contributed by atoms with Gasteiger partial charge in [-0.05, 0) is 36.7 Å². The van der Waals surface area contributed by atoms with Crippen molar-refractivity contribution >= 4 is 26.8 Å². The zero-order valence-electron chi connectivity index (χ0n) is 11.5. The molecule has 0 amide bonds. The maximum absolute atomic E-state index is 4.37. The Morgan fingerprint density at radius 2 is 2.11 bits per heavy atom. The summed E-state index contributed by atoms with van der Waals surface area (Å²) in [5, 5.41) is 2.26. The topological polar surface area (TPSA) is 16.1 Å². The van der Waals surface area contributed by atoms with E-state index in [1.165, 1.54) is 30.3 Å². The second-order valence-electron chi connectivity index (χ2n) is 4.85. The van der Waals surface area contributed by atoms with Gasteiger partial charge in [-0.25, -0.2) is 0 Å². The Kier molecular flexibility index (Phi) is 5.80. The van der Waals surface area contributed by atoms with Gasteiger partial charge in [-0.2, -0.15) is 0 Å². The number of aromatic nitrogens is 1. The Balaban J connectivity index is 2.09. The molecule has 0 saturated carbocycles. The Hall–Kier alpha value is -0.930. The molecule has 0 aliphatic carbocycles. The molecule has 0 radical (unpaired) electrons. The van der Waals surface area contributed by atoms with Crippen LogP contribution < -0.4 is 0 Å². The third-order valence-electron chi connectivity index (χ3n) is 3.30. The third kappa shape index (κ3) is 4.29. The summed E-state index contributed by atoms with van der Waals surface area (Å²) in [6.45, 7) is 5.54. The molecule has 0 bridgehead atoms. The first-order chi connectivity index (χ1) is 9.33. The predicted molar refractivity (Wildman–Crippen MR) is 85.7 cm³/mol. The quantitative estimate of drug-likeness (QED) is 0.710. The average molecular weight is 321 g/mol. The van der Waals surface area contributed by atoms with E-state index in [9.17, 15) is 0 Å². The van der Waals surface area contributed by atoms with Gasteiger partial charge in [0.1, 0.15) is 0 Å². The van der Waals surface area contributed by atoms with Gasteiger partial charge in [0, 0.05) is 30.0 Å². The Morgan fingerprint density at radius 3 is 2.89 bits per heavy atom. The molecular formula is C16H21BrN2. The van der Waals surface area contributed by atoms with E-state index in [2.05, 4.69) is 57.0 Å². The Labute approximate surface area is 124 Å². The number of hydrogen-bond donors (Lipinski definition) is 0. The zero-order valence-corrected chi connectivity index (χ0v) is 13.1. The van der Waals surface area contributed by atoms with Crippen LogP contribution in [0, 0.1) is 0 Å². The standard InChI is InChI=1S/C16H21BrN2/c1-2-3-10-19(11-8-17)13-14-6-7-16-15(12-14)5-4-9-18-16/h4-7,9,12H,2-3,8,10-11,13H2,1H3. The molecule has 3 heteroatoms. The van der Waals surface area contributed by atoms with Crippen LogP contribution in [0.3, 0.4) is 0 Å². The fourth-order valence-electron chi connectivity index (χ4n) is 2.25. The van der Waals surface area contributed by atoms with Crippen LogP contribution in [0.1, 0.15) is 25.3 Å². The molecule has 0 spiro atoms. The largest absolute Gasteiger partial charge is 0.298 e. The number of halogens is 1. The maximum Gasteiger partial charge on any atom is 0.0702 e. The molecule has 0 atom stereocenters. The summed E-state index contributed by atoms with van der Waals surface area (Å²) in [6.07, 6.45) is 4.36. The summed E-state index contributed by atoms with van der Waals surface area (Å²) in [7, 11) is 0. The molecule has 1 aromatic heterocycles. The van der Waals surface area contributed by atoms with Crippen molar-refractivity contribution in [2.45, 2.75) is 26.3 Å². The number of hydrogen-bond acceptors (Lipinski definition) is 2. The molecule has 1 aromatic carbocycles. The summed E-state index contributed by atoms with van der Waals surface area (Å²) < 4.78 is 0. The number of pyridine rings is 1. The molecule has 19 heavy (non-hydrogen) atoms. The number of unbranched alkanes of at least 4 members (excludes halogenated alkanes) is 1. The van der Waals surface area contributed by atoms with Gasteiger partial charge in [-0.1, -0.05) is 41.4 Å². The van der Waals surface area contributed by atoms with E-state index in [1.807, 2.05) is 12.3 Å². The molecule has 0 aliphatic heterocycles. The van der Waals surface area contributed by atoms with Crippen molar-refractivity contribution in [2.75, 3.05) is 18.4 Å². The number of benzene rings is 1. The van der Waals surface area contributed by atoms with Gasteiger partial charge in [0.15, 0.2) is 0 Å². The van der Waals surface area contributed by atoms with Crippen molar-refractivity contribution in [3.63, 3.8) is 0 Å². The van der Waals surface area contributed by atoms with Gasteiger partial charge in [0.05, 0.1) is 5.52 Å². The fourth-order valence-corrected chi connectivity index (χ4v) is 2.75. The van der Waals surface area contributed by atoms with E-state index >= 15 is 0 Å². The highest BCUT2D eigenvalue weighted by molar-refractivity contribution is 9.09. The molecule has 1 heterocycles. The lowest BCUT2D eigenvalue weighted by Crippen LogP contribution is -2.26. The van der Waals surface area contributed by atoms with E-state index in [-0.39, 0.29) is 0 Å².